The zero-order valence-electron chi connectivity index (χ0n) is 5.89. The van der Waals surface area contributed by atoms with Crippen LogP contribution < -0.4 is 0 Å². The molecule has 0 aliphatic rings. The largest absolute Gasteiger partial charge is 0.391 e. The molecule has 0 saturated carbocycles. The quantitative estimate of drug-likeness (QED) is 0.468. The van der Waals surface area contributed by atoms with E-state index in [-0.39, 0.29) is 0 Å². The Morgan fingerprint density at radius 3 is 1.50 bits per heavy atom. The van der Waals surface area contributed by atoms with Gasteiger partial charge in [-0.05, 0) is 13.8 Å². The Morgan fingerprint density at radius 1 is 1.33 bits per heavy atom. The second-order valence-electron chi connectivity index (χ2n) is 1.17. The highest BCUT2D eigenvalue weighted by Crippen LogP contribution is 1.85. The summed E-state index contributed by atoms with van der Waals surface area (Å²) in [6, 6.07) is 0. The summed E-state index contributed by atoms with van der Waals surface area (Å²) in [5.74, 6) is 0. The molecule has 0 aliphatic heterocycles. The molecule has 0 amide bonds. The van der Waals surface area contributed by atoms with Crippen LogP contribution in [-0.4, -0.2) is 22.4 Å². The van der Waals surface area contributed by atoms with Crippen LogP contribution in [0.4, 0.5) is 0 Å². The maximum absolute atomic E-state index is 8.58. The van der Waals surface area contributed by atoms with Gasteiger partial charge in [-0.3, -0.25) is 0 Å². The monoisotopic (exact) mass is 92.1 g/mol. The van der Waals surface area contributed by atoms with Gasteiger partial charge in [0, 0.05) is 0 Å². The van der Waals surface area contributed by atoms with Crippen LogP contribution in [0, 0.1) is 0 Å². The molecule has 6 heavy (non-hydrogen) atoms. The van der Waals surface area contributed by atoms with Gasteiger partial charge in [0.2, 0.25) is 0 Å². The fraction of sp³-hybridized carbons (Fsp3) is 1.00. The molecule has 0 rings (SSSR count). The second-order valence-corrected chi connectivity index (χ2v) is 1.17. The van der Waals surface area contributed by atoms with Crippen molar-refractivity contribution in [3.05, 3.63) is 0 Å². The molecule has 38 valence electrons. The normalized spacial score (nSPS) is 35.3. The maximum Gasteiger partial charge on any atom is 0.0768 e. The Morgan fingerprint density at radius 2 is 1.50 bits per heavy atom. The van der Waals surface area contributed by atoms with Gasteiger partial charge in [0.25, 0.3) is 0 Å². The lowest BCUT2D eigenvalue weighted by Gasteiger charge is -2.03. The molecular formula is C4H10O2. The van der Waals surface area contributed by atoms with Crippen molar-refractivity contribution >= 4 is 0 Å². The fourth-order valence-corrected chi connectivity index (χ4v) is 0. The van der Waals surface area contributed by atoms with E-state index in [1.165, 1.54) is 0 Å². The first-order valence-electron chi connectivity index (χ1n) is 2.70. The first-order chi connectivity index (χ1) is 3.25. The summed E-state index contributed by atoms with van der Waals surface area (Å²) in [7, 11) is 0. The zero-order chi connectivity index (χ0) is 7.00. The van der Waals surface area contributed by atoms with Crippen LogP contribution in [0.15, 0.2) is 0 Å². The third-order valence-corrected chi connectivity index (χ3v) is 0.524. The minimum absolute atomic E-state index is 1.06. The van der Waals surface area contributed by atoms with Gasteiger partial charge in [0.1, 0.15) is 0 Å². The van der Waals surface area contributed by atoms with Crippen LogP contribution in [0.25, 0.3) is 0 Å². The van der Waals surface area contributed by atoms with Crippen molar-refractivity contribution in [3.8, 4) is 0 Å². The van der Waals surface area contributed by atoms with Crippen LogP contribution in [0.5, 0.6) is 0 Å². The summed E-state index contributed by atoms with van der Waals surface area (Å²) in [4.78, 5) is 0. The van der Waals surface area contributed by atoms with Crippen molar-refractivity contribution in [1.29, 1.82) is 0 Å². The Kier molecular flexibility index (Phi) is 1.08. The lowest BCUT2D eigenvalue weighted by molar-refractivity contribution is 0.0438. The van der Waals surface area contributed by atoms with E-state index in [0.717, 1.165) is 13.8 Å². The van der Waals surface area contributed by atoms with Gasteiger partial charge in [-0.1, -0.05) is 0 Å². The van der Waals surface area contributed by atoms with E-state index < -0.39 is 12.2 Å². The average molecular weight is 92.1 g/mol. The summed E-state index contributed by atoms with van der Waals surface area (Å²) in [6.45, 7) is 2.11. The third-order valence-electron chi connectivity index (χ3n) is 0.524. The highest BCUT2D eigenvalue weighted by molar-refractivity contribution is 4.50. The van der Waals surface area contributed by atoms with Gasteiger partial charge in [-0.15, -0.1) is 0 Å². The smallest absolute Gasteiger partial charge is 0.0768 e. The molecule has 2 heteroatoms. The zero-order valence-corrected chi connectivity index (χ0v) is 3.89. The number of hydrogen-bond acceptors (Lipinski definition) is 2. The minimum Gasteiger partial charge on any atom is -0.391 e. The first-order valence-corrected chi connectivity index (χ1v) is 1.70. The number of rotatable bonds is 1. The fourth-order valence-electron chi connectivity index (χ4n) is 0. The summed E-state index contributed by atoms with van der Waals surface area (Å²) in [6.07, 6.45) is -4.18. The van der Waals surface area contributed by atoms with Gasteiger partial charge in [-0.2, -0.15) is 0 Å². The van der Waals surface area contributed by atoms with Crippen molar-refractivity contribution in [2.24, 2.45) is 0 Å². The highest BCUT2D eigenvalue weighted by Gasteiger charge is 1.99. The standard InChI is InChI=1S/C4H10O2/c1-3(5)4(2)6/h3-6H,1-2H3/i3D,4D. The predicted octanol–water partition coefficient (Wildman–Crippen LogP) is -0.252. The van der Waals surface area contributed by atoms with Gasteiger partial charge in [-0.25, -0.2) is 0 Å². The lowest BCUT2D eigenvalue weighted by atomic mass is 10.3. The summed E-state index contributed by atoms with van der Waals surface area (Å²) in [5.41, 5.74) is 0. The highest BCUT2D eigenvalue weighted by atomic mass is 16.3. The van der Waals surface area contributed by atoms with Crippen LogP contribution in [-0.2, 0) is 0 Å². The average Bonchev–Trinajstić information content (AvgIpc) is 1.25. The molecular weight excluding hydrogens is 80.0 g/mol. The number of hydrogen-bond donors (Lipinski definition) is 2. The molecule has 0 radical (unpaired) electrons. The number of aliphatic hydroxyl groups is 2. The van der Waals surface area contributed by atoms with Crippen molar-refractivity contribution in [2.75, 3.05) is 0 Å². The van der Waals surface area contributed by atoms with Crippen LogP contribution in [0.1, 0.15) is 16.6 Å². The molecule has 0 aliphatic carbocycles. The predicted molar refractivity (Wildman–Crippen MR) is 23.4 cm³/mol. The molecule has 0 bridgehead atoms. The lowest BCUT2D eigenvalue weighted by Crippen LogP contribution is -2.17. The van der Waals surface area contributed by atoms with E-state index in [0.29, 0.717) is 0 Å². The van der Waals surface area contributed by atoms with E-state index in [2.05, 4.69) is 0 Å². The van der Waals surface area contributed by atoms with Crippen molar-refractivity contribution in [3.63, 3.8) is 0 Å². The Labute approximate surface area is 40.2 Å². The van der Waals surface area contributed by atoms with E-state index in [1.807, 2.05) is 0 Å². The SMILES string of the molecule is [2H]C(C)(O)C([2H])(C)O. The molecule has 0 aromatic rings. The third kappa shape index (κ3) is 2.18. The van der Waals surface area contributed by atoms with E-state index in [4.69, 9.17) is 13.0 Å². The van der Waals surface area contributed by atoms with E-state index in [1.54, 1.807) is 0 Å². The van der Waals surface area contributed by atoms with Gasteiger partial charge in [0.05, 0.1) is 14.9 Å². The molecule has 0 aromatic heterocycles. The van der Waals surface area contributed by atoms with Crippen molar-refractivity contribution in [2.45, 2.75) is 26.0 Å². The molecule has 0 spiro atoms. The molecule has 0 heterocycles. The molecule has 0 saturated heterocycles. The molecule has 2 atom stereocenters. The molecule has 2 nitrogen and oxygen atoms in total. The van der Waals surface area contributed by atoms with Crippen LogP contribution in [0.2, 0.25) is 0 Å². The van der Waals surface area contributed by atoms with Crippen molar-refractivity contribution < 1.29 is 13.0 Å². The van der Waals surface area contributed by atoms with Crippen LogP contribution >= 0.6 is 0 Å². The second kappa shape index (κ2) is 2.16. The molecule has 2 N–H and O–H groups in total. The minimum atomic E-state index is -2.09. The van der Waals surface area contributed by atoms with Gasteiger partial charge < -0.3 is 10.2 Å². The van der Waals surface area contributed by atoms with Gasteiger partial charge in [0.15, 0.2) is 0 Å². The topological polar surface area (TPSA) is 40.5 Å². The van der Waals surface area contributed by atoms with E-state index in [9.17, 15) is 0 Å². The molecule has 0 fully saturated rings. The van der Waals surface area contributed by atoms with E-state index >= 15 is 0 Å². The van der Waals surface area contributed by atoms with Gasteiger partial charge >= 0.3 is 0 Å². The summed E-state index contributed by atoms with van der Waals surface area (Å²) in [5, 5.41) is 17.2. The Hall–Kier alpha value is -0.0800. The summed E-state index contributed by atoms with van der Waals surface area (Å²) < 4.78 is 13.4. The van der Waals surface area contributed by atoms with Crippen molar-refractivity contribution in [1.82, 2.24) is 0 Å². The Bertz CT molecular complexity index is 67.0. The first kappa shape index (κ1) is 2.99. The molecule has 0 aromatic carbocycles. The van der Waals surface area contributed by atoms with Crippen LogP contribution in [0.3, 0.4) is 0 Å². The Balaban J connectivity index is 4.02. The maximum atomic E-state index is 8.58. The summed E-state index contributed by atoms with van der Waals surface area (Å²) >= 11 is 0. The molecule has 2 unspecified atom stereocenters.